The zero-order chi connectivity index (χ0) is 13.1. The summed E-state index contributed by atoms with van der Waals surface area (Å²) in [6, 6.07) is 1.45. The molecule has 1 aromatic heterocycles. The standard InChI is InChI=1S/C12H14N2O4/c1-2-18-12(17)14-6-4-10-9(7-14)8(11(15)16)3-5-13-10/h3,5H,2,4,6-7H2,1H3,(H,15,16). The number of hydrogen-bond acceptors (Lipinski definition) is 4. The van der Waals surface area contributed by atoms with E-state index >= 15 is 0 Å². The topological polar surface area (TPSA) is 79.7 Å². The molecule has 0 fully saturated rings. The van der Waals surface area contributed by atoms with Crippen molar-refractivity contribution in [3.05, 3.63) is 29.1 Å². The van der Waals surface area contributed by atoms with Crippen LogP contribution in [0.1, 0.15) is 28.5 Å². The Bertz CT molecular complexity index is 487. The number of carboxylic acid groups (broad SMARTS) is 1. The fourth-order valence-corrected chi connectivity index (χ4v) is 2.01. The first kappa shape index (κ1) is 12.3. The summed E-state index contributed by atoms with van der Waals surface area (Å²) in [5.41, 5.74) is 1.55. The maximum atomic E-state index is 11.6. The van der Waals surface area contributed by atoms with Crippen LogP contribution in [0.5, 0.6) is 0 Å². The molecule has 18 heavy (non-hydrogen) atoms. The third kappa shape index (κ3) is 2.27. The first-order valence-electron chi connectivity index (χ1n) is 5.75. The van der Waals surface area contributed by atoms with Crippen LogP contribution < -0.4 is 0 Å². The lowest BCUT2D eigenvalue weighted by Gasteiger charge is -2.28. The molecule has 1 amide bonds. The van der Waals surface area contributed by atoms with Gasteiger partial charge in [-0.1, -0.05) is 0 Å². The molecule has 0 unspecified atom stereocenters. The Morgan fingerprint density at radius 2 is 2.33 bits per heavy atom. The van der Waals surface area contributed by atoms with Crippen molar-refractivity contribution in [2.75, 3.05) is 13.2 Å². The lowest BCUT2D eigenvalue weighted by atomic mass is 10.0. The largest absolute Gasteiger partial charge is 0.478 e. The van der Waals surface area contributed by atoms with Gasteiger partial charge in [-0.2, -0.15) is 0 Å². The molecule has 0 saturated heterocycles. The lowest BCUT2D eigenvalue weighted by molar-refractivity contribution is 0.0689. The van der Waals surface area contributed by atoms with Gasteiger partial charge in [-0.15, -0.1) is 0 Å². The van der Waals surface area contributed by atoms with Crippen molar-refractivity contribution in [2.45, 2.75) is 19.9 Å². The third-order valence-electron chi connectivity index (χ3n) is 2.87. The molecule has 1 N–H and O–H groups in total. The highest BCUT2D eigenvalue weighted by Crippen LogP contribution is 2.21. The number of pyridine rings is 1. The molecule has 0 saturated carbocycles. The van der Waals surface area contributed by atoms with Crippen LogP contribution in [0.2, 0.25) is 0 Å². The van der Waals surface area contributed by atoms with Crippen molar-refractivity contribution in [1.29, 1.82) is 0 Å². The number of ether oxygens (including phenoxy) is 1. The van der Waals surface area contributed by atoms with Gasteiger partial charge in [-0.05, 0) is 13.0 Å². The molecule has 96 valence electrons. The number of nitrogens with zero attached hydrogens (tertiary/aromatic N) is 2. The molecule has 6 nitrogen and oxygen atoms in total. The molecule has 6 heteroatoms. The average molecular weight is 250 g/mol. The number of rotatable bonds is 2. The second kappa shape index (κ2) is 5.03. The highest BCUT2D eigenvalue weighted by Gasteiger charge is 2.26. The molecular formula is C12H14N2O4. The predicted molar refractivity (Wildman–Crippen MR) is 62.3 cm³/mol. The smallest absolute Gasteiger partial charge is 0.410 e. The Morgan fingerprint density at radius 1 is 1.56 bits per heavy atom. The Balaban J connectivity index is 2.27. The molecule has 1 aromatic rings. The molecular weight excluding hydrogens is 236 g/mol. The molecule has 0 atom stereocenters. The molecule has 1 aliphatic heterocycles. The number of carbonyl (C=O) groups excluding carboxylic acids is 1. The van der Waals surface area contributed by atoms with E-state index in [-0.39, 0.29) is 12.1 Å². The zero-order valence-electron chi connectivity index (χ0n) is 10.0. The van der Waals surface area contributed by atoms with E-state index in [9.17, 15) is 9.59 Å². The highest BCUT2D eigenvalue weighted by atomic mass is 16.6. The summed E-state index contributed by atoms with van der Waals surface area (Å²) >= 11 is 0. The van der Waals surface area contributed by atoms with Crippen molar-refractivity contribution in [3.63, 3.8) is 0 Å². The van der Waals surface area contributed by atoms with Crippen molar-refractivity contribution in [3.8, 4) is 0 Å². The molecule has 0 bridgehead atoms. The van der Waals surface area contributed by atoms with Crippen LogP contribution in [0, 0.1) is 0 Å². The summed E-state index contributed by atoms with van der Waals surface area (Å²) in [6.07, 6.45) is 1.63. The first-order valence-corrected chi connectivity index (χ1v) is 5.75. The summed E-state index contributed by atoms with van der Waals surface area (Å²) in [6.45, 7) is 2.78. The van der Waals surface area contributed by atoms with E-state index in [2.05, 4.69) is 4.98 Å². The van der Waals surface area contributed by atoms with Gasteiger partial charge in [-0.3, -0.25) is 4.98 Å². The number of carbonyl (C=O) groups is 2. The molecule has 0 radical (unpaired) electrons. The summed E-state index contributed by atoms with van der Waals surface area (Å²) in [4.78, 5) is 28.4. The van der Waals surface area contributed by atoms with E-state index in [1.54, 1.807) is 6.92 Å². The van der Waals surface area contributed by atoms with Gasteiger partial charge in [0.2, 0.25) is 0 Å². The molecule has 1 aliphatic rings. The van der Waals surface area contributed by atoms with Crippen LogP contribution in [-0.2, 0) is 17.7 Å². The number of fused-ring (bicyclic) bond motifs is 1. The maximum Gasteiger partial charge on any atom is 0.410 e. The van der Waals surface area contributed by atoms with Gasteiger partial charge in [0.1, 0.15) is 0 Å². The van der Waals surface area contributed by atoms with Gasteiger partial charge in [0, 0.05) is 30.4 Å². The van der Waals surface area contributed by atoms with E-state index in [0.717, 1.165) is 5.69 Å². The second-order valence-electron chi connectivity index (χ2n) is 3.96. The van der Waals surface area contributed by atoms with Crippen LogP contribution in [0.3, 0.4) is 0 Å². The number of aromatic carboxylic acids is 1. The Hall–Kier alpha value is -2.11. The van der Waals surface area contributed by atoms with Crippen molar-refractivity contribution >= 4 is 12.1 Å². The number of amides is 1. The Morgan fingerprint density at radius 3 is 3.00 bits per heavy atom. The molecule has 0 aromatic carbocycles. The first-order chi connectivity index (χ1) is 8.63. The minimum Gasteiger partial charge on any atom is -0.478 e. The van der Waals surface area contributed by atoms with E-state index in [0.29, 0.717) is 25.1 Å². The van der Waals surface area contributed by atoms with E-state index in [4.69, 9.17) is 9.84 Å². The van der Waals surface area contributed by atoms with Crippen LogP contribution >= 0.6 is 0 Å². The number of aromatic nitrogens is 1. The van der Waals surface area contributed by atoms with Gasteiger partial charge < -0.3 is 14.7 Å². The van der Waals surface area contributed by atoms with E-state index in [1.165, 1.54) is 17.2 Å². The summed E-state index contributed by atoms with van der Waals surface area (Å²) < 4.78 is 4.92. The highest BCUT2D eigenvalue weighted by molar-refractivity contribution is 5.89. The van der Waals surface area contributed by atoms with Crippen LogP contribution in [0.15, 0.2) is 12.3 Å². The molecule has 2 rings (SSSR count). The normalized spacial score (nSPS) is 13.9. The number of hydrogen-bond donors (Lipinski definition) is 1. The monoisotopic (exact) mass is 250 g/mol. The minimum absolute atomic E-state index is 0.203. The van der Waals surface area contributed by atoms with E-state index < -0.39 is 12.1 Å². The summed E-state index contributed by atoms with van der Waals surface area (Å²) in [7, 11) is 0. The van der Waals surface area contributed by atoms with Crippen LogP contribution in [0.25, 0.3) is 0 Å². The second-order valence-corrected chi connectivity index (χ2v) is 3.96. The summed E-state index contributed by atoms with van der Waals surface area (Å²) in [5.74, 6) is -1.00. The van der Waals surface area contributed by atoms with Crippen molar-refractivity contribution < 1.29 is 19.4 Å². The SMILES string of the molecule is CCOC(=O)N1CCc2nccc(C(=O)O)c2C1. The molecule has 0 aliphatic carbocycles. The zero-order valence-corrected chi connectivity index (χ0v) is 10.0. The fourth-order valence-electron chi connectivity index (χ4n) is 2.01. The van der Waals surface area contributed by atoms with Gasteiger partial charge >= 0.3 is 12.1 Å². The van der Waals surface area contributed by atoms with Gasteiger partial charge in [0.25, 0.3) is 0 Å². The minimum atomic E-state index is -1.00. The van der Waals surface area contributed by atoms with Crippen LogP contribution in [-0.4, -0.2) is 40.2 Å². The fraction of sp³-hybridized carbons (Fsp3) is 0.417. The van der Waals surface area contributed by atoms with Crippen LogP contribution in [0.4, 0.5) is 4.79 Å². The summed E-state index contributed by atoms with van der Waals surface area (Å²) in [5, 5.41) is 9.11. The third-order valence-corrected chi connectivity index (χ3v) is 2.87. The van der Waals surface area contributed by atoms with Gasteiger partial charge in [0.05, 0.1) is 18.7 Å². The number of carboxylic acids is 1. The molecule has 0 spiro atoms. The lowest BCUT2D eigenvalue weighted by Crippen LogP contribution is -2.37. The van der Waals surface area contributed by atoms with Gasteiger partial charge in [-0.25, -0.2) is 9.59 Å². The maximum absolute atomic E-state index is 11.6. The molecule has 2 heterocycles. The average Bonchev–Trinajstić information content (AvgIpc) is 2.37. The predicted octanol–water partition coefficient (Wildman–Crippen LogP) is 1.29. The van der Waals surface area contributed by atoms with Crippen molar-refractivity contribution in [2.24, 2.45) is 0 Å². The quantitative estimate of drug-likeness (QED) is 0.855. The van der Waals surface area contributed by atoms with E-state index in [1.807, 2.05) is 0 Å². The Labute approximate surface area is 104 Å². The van der Waals surface area contributed by atoms with Crippen molar-refractivity contribution in [1.82, 2.24) is 9.88 Å². The van der Waals surface area contributed by atoms with Gasteiger partial charge in [0.15, 0.2) is 0 Å². The Kier molecular flexibility index (Phi) is 3.45.